The molecule has 1 aromatic carbocycles. The minimum Gasteiger partial charge on any atom is -0.338 e. The molecule has 0 aliphatic heterocycles. The van der Waals surface area contributed by atoms with Crippen molar-refractivity contribution in [3.05, 3.63) is 46.2 Å². The fraction of sp³-hybridized carbons (Fsp3) is 0.294. The molecule has 3 N–H and O–H groups in total. The van der Waals surface area contributed by atoms with Crippen LogP contribution in [0.3, 0.4) is 0 Å². The van der Waals surface area contributed by atoms with Gasteiger partial charge in [0.1, 0.15) is 0 Å². The third-order valence-electron chi connectivity index (χ3n) is 3.32. The number of urea groups is 1. The molecule has 2 aromatic rings. The highest BCUT2D eigenvalue weighted by Crippen LogP contribution is 2.19. The maximum absolute atomic E-state index is 11.9. The standard InChI is InChI=1S/C17H21N3O2S/c1-3-16(21)20-15-7-6-13(11-12(15)2)19-17(22)18-9-8-14-5-4-10-23-14/h4-7,10-11H,3,8-9H2,1-2H3,(H,20,21)(H2,18,19,22). The van der Waals surface area contributed by atoms with E-state index in [9.17, 15) is 9.59 Å². The van der Waals surface area contributed by atoms with Crippen molar-refractivity contribution >= 4 is 34.6 Å². The number of benzene rings is 1. The van der Waals surface area contributed by atoms with Gasteiger partial charge in [-0.15, -0.1) is 11.3 Å². The third kappa shape index (κ3) is 5.41. The lowest BCUT2D eigenvalue weighted by atomic mass is 10.1. The van der Waals surface area contributed by atoms with Gasteiger partial charge >= 0.3 is 6.03 Å². The molecule has 3 amide bonds. The second-order valence-electron chi connectivity index (χ2n) is 5.14. The van der Waals surface area contributed by atoms with E-state index in [1.165, 1.54) is 4.88 Å². The Balaban J connectivity index is 1.83. The number of hydrogen-bond donors (Lipinski definition) is 3. The van der Waals surface area contributed by atoms with E-state index in [1.54, 1.807) is 30.4 Å². The second-order valence-corrected chi connectivity index (χ2v) is 6.17. The van der Waals surface area contributed by atoms with Crippen LogP contribution < -0.4 is 16.0 Å². The monoisotopic (exact) mass is 331 g/mol. The van der Waals surface area contributed by atoms with Crippen molar-refractivity contribution in [1.82, 2.24) is 5.32 Å². The Morgan fingerprint density at radius 2 is 2.00 bits per heavy atom. The predicted molar refractivity (Wildman–Crippen MR) is 95.1 cm³/mol. The SMILES string of the molecule is CCC(=O)Nc1ccc(NC(=O)NCCc2cccs2)cc1C. The van der Waals surface area contributed by atoms with Gasteiger partial charge in [-0.3, -0.25) is 4.79 Å². The van der Waals surface area contributed by atoms with Gasteiger partial charge in [-0.1, -0.05) is 13.0 Å². The number of amides is 3. The van der Waals surface area contributed by atoms with Crippen LogP contribution in [0, 0.1) is 6.92 Å². The molecule has 122 valence electrons. The molecule has 0 atom stereocenters. The summed E-state index contributed by atoms with van der Waals surface area (Å²) in [6.45, 7) is 4.29. The largest absolute Gasteiger partial charge is 0.338 e. The Labute approximate surface area is 140 Å². The normalized spacial score (nSPS) is 10.2. The number of anilines is 2. The third-order valence-corrected chi connectivity index (χ3v) is 4.25. The fourth-order valence-corrected chi connectivity index (χ4v) is 2.76. The lowest BCUT2D eigenvalue weighted by Crippen LogP contribution is -2.30. The summed E-state index contributed by atoms with van der Waals surface area (Å²) in [5.41, 5.74) is 2.37. The molecule has 0 unspecified atom stereocenters. The molecule has 5 nitrogen and oxygen atoms in total. The number of hydrogen-bond acceptors (Lipinski definition) is 3. The van der Waals surface area contributed by atoms with Crippen LogP contribution >= 0.6 is 11.3 Å². The number of thiophene rings is 1. The van der Waals surface area contributed by atoms with Gasteiger partial charge in [-0.05, 0) is 48.6 Å². The highest BCUT2D eigenvalue weighted by Gasteiger charge is 2.06. The second kappa shape index (κ2) is 8.33. The quantitative estimate of drug-likeness (QED) is 0.754. The summed E-state index contributed by atoms with van der Waals surface area (Å²) in [4.78, 5) is 24.5. The summed E-state index contributed by atoms with van der Waals surface area (Å²) in [5, 5.41) is 10.5. The van der Waals surface area contributed by atoms with E-state index in [0.29, 0.717) is 18.7 Å². The van der Waals surface area contributed by atoms with E-state index in [2.05, 4.69) is 22.0 Å². The van der Waals surface area contributed by atoms with Gasteiger partial charge in [0.25, 0.3) is 0 Å². The van der Waals surface area contributed by atoms with Gasteiger partial charge in [-0.2, -0.15) is 0 Å². The van der Waals surface area contributed by atoms with E-state index in [4.69, 9.17) is 0 Å². The van der Waals surface area contributed by atoms with E-state index in [-0.39, 0.29) is 11.9 Å². The Hall–Kier alpha value is -2.34. The predicted octanol–water partition coefficient (Wildman–Crippen LogP) is 3.77. The van der Waals surface area contributed by atoms with Crippen LogP contribution in [-0.4, -0.2) is 18.5 Å². The van der Waals surface area contributed by atoms with Crippen LogP contribution in [0.15, 0.2) is 35.7 Å². The van der Waals surface area contributed by atoms with Gasteiger partial charge in [0, 0.05) is 29.2 Å². The number of carbonyl (C=O) groups excluding carboxylic acids is 2. The first-order valence-electron chi connectivity index (χ1n) is 7.56. The Kier molecular flexibility index (Phi) is 6.17. The molecule has 0 aliphatic carbocycles. The van der Waals surface area contributed by atoms with Gasteiger partial charge in [-0.25, -0.2) is 4.79 Å². The van der Waals surface area contributed by atoms with Crippen LogP contribution in [0.1, 0.15) is 23.8 Å². The molecular formula is C17H21N3O2S. The molecule has 2 rings (SSSR count). The van der Waals surface area contributed by atoms with E-state index < -0.39 is 0 Å². The fourth-order valence-electron chi connectivity index (χ4n) is 2.05. The highest BCUT2D eigenvalue weighted by atomic mass is 32.1. The first-order chi connectivity index (χ1) is 11.1. The van der Waals surface area contributed by atoms with Gasteiger partial charge in [0.05, 0.1) is 0 Å². The maximum atomic E-state index is 11.9. The van der Waals surface area contributed by atoms with Crippen LogP contribution in [-0.2, 0) is 11.2 Å². The van der Waals surface area contributed by atoms with Crippen molar-refractivity contribution in [2.24, 2.45) is 0 Å². The summed E-state index contributed by atoms with van der Waals surface area (Å²) in [6, 6.07) is 9.23. The van der Waals surface area contributed by atoms with Crippen LogP contribution in [0.2, 0.25) is 0 Å². The van der Waals surface area contributed by atoms with Crippen LogP contribution in [0.25, 0.3) is 0 Å². The smallest absolute Gasteiger partial charge is 0.319 e. The summed E-state index contributed by atoms with van der Waals surface area (Å²) < 4.78 is 0. The number of nitrogens with one attached hydrogen (secondary N) is 3. The number of carbonyl (C=O) groups is 2. The Morgan fingerprint density at radius 3 is 2.65 bits per heavy atom. The van der Waals surface area contributed by atoms with Gasteiger partial charge in [0.2, 0.25) is 5.91 Å². The summed E-state index contributed by atoms with van der Waals surface area (Å²) >= 11 is 1.68. The van der Waals surface area contributed by atoms with Crippen molar-refractivity contribution < 1.29 is 9.59 Å². The van der Waals surface area contributed by atoms with Crippen molar-refractivity contribution in [2.75, 3.05) is 17.2 Å². The Bertz CT molecular complexity index is 668. The number of aryl methyl sites for hydroxylation is 1. The minimum atomic E-state index is -0.230. The molecule has 1 aromatic heterocycles. The van der Waals surface area contributed by atoms with E-state index >= 15 is 0 Å². The van der Waals surface area contributed by atoms with Crippen molar-refractivity contribution in [3.8, 4) is 0 Å². The molecule has 6 heteroatoms. The zero-order valence-corrected chi connectivity index (χ0v) is 14.1. The van der Waals surface area contributed by atoms with Crippen molar-refractivity contribution in [1.29, 1.82) is 0 Å². The maximum Gasteiger partial charge on any atom is 0.319 e. The molecule has 0 radical (unpaired) electrons. The summed E-state index contributed by atoms with van der Waals surface area (Å²) in [5.74, 6) is -0.0277. The molecule has 0 saturated carbocycles. The zero-order chi connectivity index (χ0) is 16.7. The summed E-state index contributed by atoms with van der Waals surface area (Å²) in [7, 11) is 0. The topological polar surface area (TPSA) is 70.2 Å². The molecule has 23 heavy (non-hydrogen) atoms. The molecule has 1 heterocycles. The average Bonchev–Trinajstić information content (AvgIpc) is 3.03. The number of rotatable bonds is 6. The molecule has 0 fully saturated rings. The highest BCUT2D eigenvalue weighted by molar-refractivity contribution is 7.09. The first-order valence-corrected chi connectivity index (χ1v) is 8.44. The van der Waals surface area contributed by atoms with Gasteiger partial charge in [0.15, 0.2) is 0 Å². The molecule has 0 aliphatic rings. The minimum absolute atomic E-state index is 0.0277. The van der Waals surface area contributed by atoms with Crippen molar-refractivity contribution in [2.45, 2.75) is 26.7 Å². The molecular weight excluding hydrogens is 310 g/mol. The Morgan fingerprint density at radius 1 is 1.17 bits per heavy atom. The molecule has 0 bridgehead atoms. The lowest BCUT2D eigenvalue weighted by Gasteiger charge is -2.11. The van der Waals surface area contributed by atoms with E-state index in [0.717, 1.165) is 17.7 Å². The molecule has 0 saturated heterocycles. The summed E-state index contributed by atoms with van der Waals surface area (Å²) in [6.07, 6.45) is 1.26. The van der Waals surface area contributed by atoms with Crippen LogP contribution in [0.5, 0.6) is 0 Å². The van der Waals surface area contributed by atoms with E-state index in [1.807, 2.05) is 24.4 Å². The van der Waals surface area contributed by atoms with Crippen molar-refractivity contribution in [3.63, 3.8) is 0 Å². The zero-order valence-electron chi connectivity index (χ0n) is 13.3. The molecule has 0 spiro atoms. The lowest BCUT2D eigenvalue weighted by molar-refractivity contribution is -0.115. The first kappa shape index (κ1) is 17.0. The van der Waals surface area contributed by atoms with Crippen LogP contribution in [0.4, 0.5) is 16.2 Å². The van der Waals surface area contributed by atoms with Gasteiger partial charge < -0.3 is 16.0 Å². The average molecular weight is 331 g/mol.